The molecule has 0 radical (unpaired) electrons. The zero-order valence-electron chi connectivity index (χ0n) is 21.5. The smallest absolute Gasteiger partial charge is 0.255 e. The van der Waals surface area contributed by atoms with Crippen LogP contribution in [0, 0.1) is 18.3 Å². The highest BCUT2D eigenvalue weighted by Crippen LogP contribution is 2.26. The molecule has 3 heterocycles. The number of amides is 1. The normalized spacial score (nSPS) is 13.9. The fraction of sp³-hybridized carbons (Fsp3) is 0.226. The van der Waals surface area contributed by atoms with E-state index in [0.717, 1.165) is 61.7 Å². The van der Waals surface area contributed by atoms with Crippen molar-refractivity contribution in [1.82, 2.24) is 14.9 Å². The van der Waals surface area contributed by atoms with Gasteiger partial charge in [0.05, 0.1) is 23.5 Å². The van der Waals surface area contributed by atoms with Gasteiger partial charge in [-0.15, -0.1) is 0 Å². The minimum absolute atomic E-state index is 0.184. The van der Waals surface area contributed by atoms with Crippen molar-refractivity contribution in [3.8, 4) is 17.2 Å². The predicted octanol–water partition coefficient (Wildman–Crippen LogP) is 5.29. The van der Waals surface area contributed by atoms with Gasteiger partial charge in [0.2, 0.25) is 0 Å². The number of nitriles is 1. The lowest BCUT2D eigenvalue weighted by atomic mass is 9.97. The van der Waals surface area contributed by atoms with Gasteiger partial charge in [-0.2, -0.15) is 5.26 Å². The van der Waals surface area contributed by atoms with E-state index in [-0.39, 0.29) is 5.91 Å². The maximum absolute atomic E-state index is 13.0. The maximum Gasteiger partial charge on any atom is 0.255 e. The molecule has 1 aliphatic rings. The van der Waals surface area contributed by atoms with Gasteiger partial charge >= 0.3 is 0 Å². The highest BCUT2D eigenvalue weighted by atomic mass is 16.1. The number of hydrogen-bond donors (Lipinski definition) is 1. The van der Waals surface area contributed by atoms with E-state index in [4.69, 9.17) is 5.26 Å². The monoisotopic (exact) mass is 502 g/mol. The Kier molecular flexibility index (Phi) is 7.72. The Morgan fingerprint density at radius 1 is 0.974 bits per heavy atom. The molecule has 1 fully saturated rings. The van der Waals surface area contributed by atoms with Crippen molar-refractivity contribution < 1.29 is 4.79 Å². The van der Waals surface area contributed by atoms with Crippen LogP contribution in [0.2, 0.25) is 0 Å². The largest absolute Gasteiger partial charge is 0.355 e. The second kappa shape index (κ2) is 11.7. The third kappa shape index (κ3) is 6.05. The molecule has 190 valence electrons. The molecule has 1 saturated heterocycles. The van der Waals surface area contributed by atoms with Gasteiger partial charge in [0, 0.05) is 50.7 Å². The van der Waals surface area contributed by atoms with Gasteiger partial charge in [-0.05, 0) is 84.1 Å². The van der Waals surface area contributed by atoms with Gasteiger partial charge in [-0.1, -0.05) is 18.2 Å². The number of aromatic nitrogens is 2. The Morgan fingerprint density at radius 2 is 1.79 bits per heavy atom. The highest BCUT2D eigenvalue weighted by molar-refractivity contribution is 6.05. The Morgan fingerprint density at radius 3 is 2.53 bits per heavy atom. The first-order valence-corrected chi connectivity index (χ1v) is 12.8. The highest BCUT2D eigenvalue weighted by Gasteiger charge is 2.17. The van der Waals surface area contributed by atoms with Crippen LogP contribution in [0.1, 0.15) is 33.5 Å². The lowest BCUT2D eigenvalue weighted by molar-refractivity contribution is 0.102. The van der Waals surface area contributed by atoms with Crippen molar-refractivity contribution in [3.63, 3.8) is 0 Å². The molecule has 7 nitrogen and oxygen atoms in total. The van der Waals surface area contributed by atoms with E-state index in [1.165, 1.54) is 5.56 Å². The SMILES string of the molecule is Cc1ccc(C(=O)Nc2ccc(N3CCCN(Cc4ccncc4)CC3)nc2)cc1-c1ccc(C#N)cc1. The lowest BCUT2D eigenvalue weighted by Crippen LogP contribution is -2.31. The summed E-state index contributed by atoms with van der Waals surface area (Å²) in [5.41, 5.74) is 6.12. The number of nitrogens with zero attached hydrogens (tertiary/aromatic N) is 5. The zero-order chi connectivity index (χ0) is 26.3. The number of carbonyl (C=O) groups is 1. The van der Waals surface area contributed by atoms with Crippen LogP contribution in [-0.4, -0.2) is 47.0 Å². The average Bonchev–Trinajstić information content (AvgIpc) is 3.20. The Hall–Kier alpha value is -4.54. The minimum Gasteiger partial charge on any atom is -0.355 e. The summed E-state index contributed by atoms with van der Waals surface area (Å²) in [5.74, 6) is 0.739. The number of anilines is 2. The van der Waals surface area contributed by atoms with E-state index < -0.39 is 0 Å². The number of nitrogens with one attached hydrogen (secondary N) is 1. The molecule has 7 heteroatoms. The van der Waals surface area contributed by atoms with E-state index in [9.17, 15) is 4.79 Å². The van der Waals surface area contributed by atoms with Crippen LogP contribution >= 0.6 is 0 Å². The lowest BCUT2D eigenvalue weighted by Gasteiger charge is -2.23. The van der Waals surface area contributed by atoms with Crippen molar-refractivity contribution >= 4 is 17.4 Å². The summed E-state index contributed by atoms with van der Waals surface area (Å²) >= 11 is 0. The van der Waals surface area contributed by atoms with Crippen LogP contribution in [-0.2, 0) is 6.54 Å². The summed E-state index contributed by atoms with van der Waals surface area (Å²) < 4.78 is 0. The van der Waals surface area contributed by atoms with Crippen molar-refractivity contribution in [2.24, 2.45) is 0 Å². The third-order valence-electron chi connectivity index (χ3n) is 6.90. The molecule has 2 aromatic heterocycles. The fourth-order valence-electron chi connectivity index (χ4n) is 4.75. The van der Waals surface area contributed by atoms with E-state index in [1.807, 2.05) is 61.8 Å². The second-order valence-corrected chi connectivity index (χ2v) is 9.55. The molecule has 0 saturated carbocycles. The summed E-state index contributed by atoms with van der Waals surface area (Å²) in [5, 5.41) is 12.0. The molecule has 1 amide bonds. The molecule has 5 rings (SSSR count). The first-order chi connectivity index (χ1) is 18.6. The van der Waals surface area contributed by atoms with Gasteiger partial charge in [0.1, 0.15) is 5.82 Å². The average molecular weight is 503 g/mol. The molecule has 0 spiro atoms. The summed E-state index contributed by atoms with van der Waals surface area (Å²) in [7, 11) is 0. The van der Waals surface area contributed by atoms with Crippen LogP contribution in [0.3, 0.4) is 0 Å². The number of hydrogen-bond acceptors (Lipinski definition) is 6. The molecular formula is C31H30N6O. The first kappa shape index (κ1) is 25.1. The molecule has 38 heavy (non-hydrogen) atoms. The van der Waals surface area contributed by atoms with Crippen LogP contribution in [0.25, 0.3) is 11.1 Å². The van der Waals surface area contributed by atoms with Crippen molar-refractivity contribution in [1.29, 1.82) is 5.26 Å². The summed E-state index contributed by atoms with van der Waals surface area (Å²) in [6, 6.07) is 23.2. The predicted molar refractivity (Wildman–Crippen MR) is 150 cm³/mol. The minimum atomic E-state index is -0.184. The molecular weight excluding hydrogens is 472 g/mol. The topological polar surface area (TPSA) is 85.2 Å². The van der Waals surface area contributed by atoms with Gasteiger partial charge in [-0.25, -0.2) is 4.98 Å². The number of pyridine rings is 2. The fourth-order valence-corrected chi connectivity index (χ4v) is 4.75. The van der Waals surface area contributed by atoms with Crippen molar-refractivity contribution in [2.45, 2.75) is 19.9 Å². The molecule has 1 aliphatic heterocycles. The number of benzene rings is 2. The van der Waals surface area contributed by atoms with Gasteiger partial charge in [0.25, 0.3) is 5.91 Å². The van der Waals surface area contributed by atoms with Crippen LogP contribution in [0.4, 0.5) is 11.5 Å². The van der Waals surface area contributed by atoms with Crippen molar-refractivity contribution in [3.05, 3.63) is 108 Å². The third-order valence-corrected chi connectivity index (χ3v) is 6.90. The summed E-state index contributed by atoms with van der Waals surface area (Å²) in [6.07, 6.45) is 6.48. The standard InChI is InChI=1S/C31H30N6O/c1-23-3-6-27(19-29(23)26-7-4-24(20-32)5-8-26)31(38)35-28-9-10-30(34-21-28)37-16-2-15-36(17-18-37)22-25-11-13-33-14-12-25/h3-14,19,21H,2,15-18,22H2,1H3,(H,35,38). The quantitative estimate of drug-likeness (QED) is 0.386. The number of rotatable bonds is 6. The first-order valence-electron chi connectivity index (χ1n) is 12.8. The molecule has 0 aliphatic carbocycles. The van der Waals surface area contributed by atoms with Gasteiger partial charge in [0.15, 0.2) is 0 Å². The molecule has 1 N–H and O–H groups in total. The summed E-state index contributed by atoms with van der Waals surface area (Å²) in [4.78, 5) is 26.6. The van der Waals surface area contributed by atoms with Gasteiger partial charge < -0.3 is 10.2 Å². The van der Waals surface area contributed by atoms with Crippen LogP contribution in [0.5, 0.6) is 0 Å². The molecule has 0 unspecified atom stereocenters. The second-order valence-electron chi connectivity index (χ2n) is 9.55. The Balaban J connectivity index is 1.21. The van der Waals surface area contributed by atoms with E-state index in [2.05, 4.69) is 43.3 Å². The number of carbonyl (C=O) groups excluding carboxylic acids is 1. The summed E-state index contributed by atoms with van der Waals surface area (Å²) in [6.45, 7) is 6.82. The van der Waals surface area contributed by atoms with E-state index in [1.54, 1.807) is 18.3 Å². The van der Waals surface area contributed by atoms with E-state index in [0.29, 0.717) is 16.8 Å². The van der Waals surface area contributed by atoms with Crippen molar-refractivity contribution in [2.75, 3.05) is 36.4 Å². The van der Waals surface area contributed by atoms with Gasteiger partial charge in [-0.3, -0.25) is 14.7 Å². The van der Waals surface area contributed by atoms with E-state index >= 15 is 0 Å². The molecule has 4 aromatic rings. The zero-order valence-corrected chi connectivity index (χ0v) is 21.5. The molecule has 0 bridgehead atoms. The Bertz CT molecular complexity index is 1430. The maximum atomic E-state index is 13.0. The van der Waals surface area contributed by atoms with Crippen LogP contribution < -0.4 is 10.2 Å². The number of aryl methyl sites for hydroxylation is 1. The molecule has 0 atom stereocenters. The molecule has 2 aromatic carbocycles. The Labute approximate surface area is 223 Å². The van der Waals surface area contributed by atoms with Crippen LogP contribution in [0.15, 0.2) is 85.3 Å².